The normalized spacial score (nSPS) is 17.2. The number of aromatic nitrogens is 2. The van der Waals surface area contributed by atoms with Gasteiger partial charge in [0.2, 0.25) is 0 Å². The summed E-state index contributed by atoms with van der Waals surface area (Å²) in [5.41, 5.74) is 5.70. The number of nitrogens with zero attached hydrogens (tertiary/aromatic N) is 3. The van der Waals surface area contributed by atoms with Crippen LogP contribution >= 0.6 is 12.2 Å². The van der Waals surface area contributed by atoms with Crippen LogP contribution in [0.25, 0.3) is 5.69 Å². The van der Waals surface area contributed by atoms with E-state index in [-0.39, 0.29) is 17.9 Å². The van der Waals surface area contributed by atoms with E-state index < -0.39 is 0 Å². The van der Waals surface area contributed by atoms with E-state index in [1.54, 1.807) is 32.5 Å². The Morgan fingerprint density at radius 1 is 0.972 bits per heavy atom. The molecule has 0 spiro atoms. The average Bonchev–Trinajstić information content (AvgIpc) is 3.39. The molecule has 1 saturated heterocycles. The monoisotopic (exact) mass is 502 g/mol. The zero-order chi connectivity index (χ0) is 25.4. The van der Waals surface area contributed by atoms with Crippen LogP contribution in [-0.2, 0) is 0 Å². The summed E-state index contributed by atoms with van der Waals surface area (Å²) in [4.78, 5) is 6.73. The number of benzene rings is 2. The Bertz CT molecular complexity index is 1410. The van der Waals surface area contributed by atoms with Gasteiger partial charge in [-0.05, 0) is 86.2 Å². The van der Waals surface area contributed by atoms with Crippen molar-refractivity contribution in [3.05, 3.63) is 101 Å². The van der Waals surface area contributed by atoms with Crippen molar-refractivity contribution in [1.82, 2.24) is 14.9 Å². The lowest BCUT2D eigenvalue weighted by atomic mass is 9.96. The summed E-state index contributed by atoms with van der Waals surface area (Å²) in [6.45, 7) is 4.12. The molecule has 2 aromatic carbocycles. The zero-order valence-electron chi connectivity index (χ0n) is 20.5. The summed E-state index contributed by atoms with van der Waals surface area (Å²) >= 11 is 5.90. The molecule has 8 heteroatoms. The summed E-state index contributed by atoms with van der Waals surface area (Å²) < 4.78 is 27.0. The van der Waals surface area contributed by atoms with E-state index in [4.69, 9.17) is 21.7 Å². The molecule has 184 valence electrons. The molecule has 4 aromatic rings. The molecule has 0 bridgehead atoms. The lowest BCUT2D eigenvalue weighted by Gasteiger charge is -2.29. The summed E-state index contributed by atoms with van der Waals surface area (Å²) in [6.07, 6.45) is 1.79. The van der Waals surface area contributed by atoms with Crippen molar-refractivity contribution < 1.29 is 13.9 Å². The Kier molecular flexibility index (Phi) is 6.36. The van der Waals surface area contributed by atoms with Crippen molar-refractivity contribution in [3.8, 4) is 17.2 Å². The van der Waals surface area contributed by atoms with Crippen LogP contribution in [0.2, 0.25) is 0 Å². The van der Waals surface area contributed by atoms with Crippen LogP contribution in [0.5, 0.6) is 11.5 Å². The molecule has 2 unspecified atom stereocenters. The first-order chi connectivity index (χ1) is 17.4. The number of anilines is 1. The predicted molar refractivity (Wildman–Crippen MR) is 143 cm³/mol. The van der Waals surface area contributed by atoms with Crippen LogP contribution in [0.3, 0.4) is 0 Å². The van der Waals surface area contributed by atoms with Crippen LogP contribution in [0.1, 0.15) is 34.7 Å². The van der Waals surface area contributed by atoms with Gasteiger partial charge in [-0.2, -0.15) is 0 Å². The van der Waals surface area contributed by atoms with Gasteiger partial charge in [0.15, 0.2) is 5.11 Å². The fraction of sp³-hybridized carbons (Fsp3) is 0.214. The number of hydrogen-bond acceptors (Lipinski definition) is 4. The summed E-state index contributed by atoms with van der Waals surface area (Å²) in [6, 6.07) is 19.8. The average molecular weight is 503 g/mol. The summed E-state index contributed by atoms with van der Waals surface area (Å²) in [5, 5.41) is 4.06. The number of aryl methyl sites for hydroxylation is 1. The van der Waals surface area contributed by atoms with E-state index in [9.17, 15) is 4.39 Å². The first-order valence-electron chi connectivity index (χ1n) is 11.6. The molecule has 1 N–H and O–H groups in total. The molecule has 1 fully saturated rings. The molecule has 5 rings (SSSR count). The first-order valence-corrected chi connectivity index (χ1v) is 12.0. The number of hydrogen-bond donors (Lipinski definition) is 1. The van der Waals surface area contributed by atoms with E-state index in [2.05, 4.69) is 32.8 Å². The Balaban J connectivity index is 1.71. The van der Waals surface area contributed by atoms with Crippen LogP contribution in [0.4, 0.5) is 10.1 Å². The van der Waals surface area contributed by atoms with Gasteiger partial charge in [0.05, 0.1) is 37.7 Å². The fourth-order valence-electron chi connectivity index (χ4n) is 4.99. The van der Waals surface area contributed by atoms with Crippen LogP contribution in [0, 0.1) is 19.7 Å². The smallest absolute Gasteiger partial charge is 0.174 e. The van der Waals surface area contributed by atoms with Gasteiger partial charge in [0, 0.05) is 29.3 Å². The van der Waals surface area contributed by atoms with Crippen molar-refractivity contribution in [2.75, 3.05) is 19.1 Å². The molecule has 2 aromatic heterocycles. The van der Waals surface area contributed by atoms with Crippen molar-refractivity contribution in [2.45, 2.75) is 25.9 Å². The number of halogens is 1. The second-order valence-electron chi connectivity index (χ2n) is 8.67. The first kappa shape index (κ1) is 23.8. The maximum atomic E-state index is 13.6. The zero-order valence-corrected chi connectivity index (χ0v) is 21.3. The van der Waals surface area contributed by atoms with Gasteiger partial charge < -0.3 is 24.3 Å². The number of rotatable bonds is 6. The standard InChI is InChI=1S/C28H27FN4O2S/c1-17-15-22(18(2)32(17)20-10-8-19(29)9-11-20)27-26(23-7-5-6-14-30-23)31-28(36)33(27)24-16-21(34-3)12-13-25(24)35-4/h5-16,26-27H,1-4H3,(H,31,36). The van der Waals surface area contributed by atoms with Gasteiger partial charge >= 0.3 is 0 Å². The topological polar surface area (TPSA) is 51.6 Å². The molecular formula is C28H27FN4O2S. The van der Waals surface area contributed by atoms with Gasteiger partial charge in [-0.3, -0.25) is 4.98 Å². The highest BCUT2D eigenvalue weighted by molar-refractivity contribution is 7.80. The predicted octanol–water partition coefficient (Wildman–Crippen LogP) is 5.82. The third-order valence-corrected chi connectivity index (χ3v) is 6.93. The third kappa shape index (κ3) is 4.07. The van der Waals surface area contributed by atoms with Crippen molar-refractivity contribution >= 4 is 23.0 Å². The highest BCUT2D eigenvalue weighted by Gasteiger charge is 2.43. The van der Waals surface area contributed by atoms with Gasteiger partial charge in [-0.25, -0.2) is 4.39 Å². The molecule has 1 aliphatic rings. The van der Waals surface area contributed by atoms with Crippen LogP contribution in [-0.4, -0.2) is 28.9 Å². The van der Waals surface area contributed by atoms with E-state index in [0.717, 1.165) is 34.0 Å². The minimum Gasteiger partial charge on any atom is -0.497 e. The number of pyridine rings is 1. The lowest BCUT2D eigenvalue weighted by molar-refractivity contribution is 0.403. The van der Waals surface area contributed by atoms with E-state index in [0.29, 0.717) is 16.6 Å². The largest absolute Gasteiger partial charge is 0.497 e. The molecule has 3 heterocycles. The van der Waals surface area contributed by atoms with E-state index in [1.165, 1.54) is 12.1 Å². The molecule has 0 aliphatic carbocycles. The molecule has 36 heavy (non-hydrogen) atoms. The minimum absolute atomic E-state index is 0.211. The number of nitrogens with one attached hydrogen (secondary N) is 1. The summed E-state index contributed by atoms with van der Waals surface area (Å²) in [7, 11) is 3.28. The highest BCUT2D eigenvalue weighted by Crippen LogP contribution is 2.47. The van der Waals surface area contributed by atoms with Crippen molar-refractivity contribution in [1.29, 1.82) is 0 Å². The highest BCUT2D eigenvalue weighted by atomic mass is 32.1. The van der Waals surface area contributed by atoms with Crippen LogP contribution < -0.4 is 19.7 Å². The number of thiocarbonyl (C=S) groups is 1. The lowest BCUT2D eigenvalue weighted by Crippen LogP contribution is -2.30. The third-order valence-electron chi connectivity index (χ3n) is 6.62. The molecule has 2 atom stereocenters. The van der Waals surface area contributed by atoms with Crippen molar-refractivity contribution in [2.24, 2.45) is 0 Å². The minimum atomic E-state index is -0.265. The van der Waals surface area contributed by atoms with Gasteiger partial charge in [-0.15, -0.1) is 0 Å². The SMILES string of the molecule is COc1ccc(OC)c(N2C(=S)NC(c3ccccn3)C2c2cc(C)n(-c3ccc(F)cc3)c2C)c1. The number of methoxy groups -OCH3 is 2. The Labute approximate surface area is 215 Å². The van der Waals surface area contributed by atoms with E-state index in [1.807, 2.05) is 43.3 Å². The Hall–Kier alpha value is -3.91. The van der Waals surface area contributed by atoms with Crippen LogP contribution in [0.15, 0.2) is 72.9 Å². The molecule has 6 nitrogen and oxygen atoms in total. The molecule has 0 saturated carbocycles. The van der Waals surface area contributed by atoms with Gasteiger partial charge in [0.25, 0.3) is 0 Å². The molecular weight excluding hydrogens is 475 g/mol. The maximum Gasteiger partial charge on any atom is 0.174 e. The Morgan fingerprint density at radius 3 is 2.42 bits per heavy atom. The fourth-order valence-corrected chi connectivity index (χ4v) is 5.33. The quantitative estimate of drug-likeness (QED) is 0.335. The second-order valence-corrected chi connectivity index (χ2v) is 9.06. The summed E-state index contributed by atoms with van der Waals surface area (Å²) in [5.74, 6) is 1.11. The molecule has 1 aliphatic heterocycles. The molecule has 0 radical (unpaired) electrons. The van der Waals surface area contributed by atoms with Gasteiger partial charge in [0.1, 0.15) is 17.3 Å². The second kappa shape index (κ2) is 9.62. The Morgan fingerprint density at radius 2 is 1.75 bits per heavy atom. The molecule has 0 amide bonds. The van der Waals surface area contributed by atoms with Crippen molar-refractivity contribution in [3.63, 3.8) is 0 Å². The maximum absolute atomic E-state index is 13.6. The number of ether oxygens (including phenoxy) is 2. The van der Waals surface area contributed by atoms with Gasteiger partial charge in [-0.1, -0.05) is 6.07 Å². The van der Waals surface area contributed by atoms with E-state index >= 15 is 0 Å².